The molecule has 1 amide bonds. The molecule has 2 heterocycles. The van der Waals surface area contributed by atoms with Crippen LogP contribution in [0.1, 0.15) is 47.5 Å². The van der Waals surface area contributed by atoms with Crippen LogP contribution in [-0.2, 0) is 0 Å². The van der Waals surface area contributed by atoms with Gasteiger partial charge in [-0.05, 0) is 62.5 Å². The van der Waals surface area contributed by atoms with E-state index >= 15 is 0 Å². The van der Waals surface area contributed by atoms with Gasteiger partial charge in [-0.3, -0.25) is 9.69 Å². The third-order valence-electron chi connectivity index (χ3n) is 4.57. The number of carbonyl (C=O) groups excluding carboxylic acids is 1. The molecule has 1 unspecified atom stereocenters. The lowest BCUT2D eigenvalue weighted by molar-refractivity contribution is 0.0925. The molecule has 2 aromatic rings. The van der Waals surface area contributed by atoms with Gasteiger partial charge in [0.2, 0.25) is 0 Å². The summed E-state index contributed by atoms with van der Waals surface area (Å²) in [5.74, 6) is 0.695. The van der Waals surface area contributed by atoms with Crippen molar-refractivity contribution in [2.75, 3.05) is 26.2 Å². The average molecular weight is 395 g/mol. The van der Waals surface area contributed by atoms with Crippen molar-refractivity contribution in [2.24, 2.45) is 0 Å². The Morgan fingerprint density at radius 3 is 2.73 bits per heavy atom. The molecule has 1 N–H and O–H groups in total. The summed E-state index contributed by atoms with van der Waals surface area (Å²) < 4.78 is 5.49. The Morgan fingerprint density at radius 2 is 2.04 bits per heavy atom. The van der Waals surface area contributed by atoms with E-state index < -0.39 is 0 Å². The molecular formula is C20H27ClN2O2S. The van der Waals surface area contributed by atoms with Gasteiger partial charge < -0.3 is 10.1 Å². The Bertz CT molecular complexity index is 672. The van der Waals surface area contributed by atoms with Gasteiger partial charge in [-0.2, -0.15) is 0 Å². The van der Waals surface area contributed by atoms with Crippen LogP contribution in [0.4, 0.5) is 0 Å². The summed E-state index contributed by atoms with van der Waals surface area (Å²) in [5, 5.41) is 5.24. The minimum atomic E-state index is -0.0416. The third-order valence-corrected chi connectivity index (χ3v) is 5.54. The minimum absolute atomic E-state index is 0. The molecule has 0 radical (unpaired) electrons. The maximum atomic E-state index is 12.6. The van der Waals surface area contributed by atoms with E-state index in [1.807, 2.05) is 25.1 Å². The maximum Gasteiger partial charge on any atom is 0.251 e. The molecule has 1 saturated heterocycles. The van der Waals surface area contributed by atoms with Gasteiger partial charge in [-0.25, -0.2) is 0 Å². The number of ether oxygens (including phenoxy) is 1. The molecule has 26 heavy (non-hydrogen) atoms. The number of halogens is 1. The van der Waals surface area contributed by atoms with E-state index in [2.05, 4.69) is 27.7 Å². The van der Waals surface area contributed by atoms with Gasteiger partial charge in [-0.15, -0.1) is 23.7 Å². The number of hydrogen-bond acceptors (Lipinski definition) is 4. The summed E-state index contributed by atoms with van der Waals surface area (Å²) in [7, 11) is 0. The highest BCUT2D eigenvalue weighted by atomic mass is 35.5. The minimum Gasteiger partial charge on any atom is -0.494 e. The molecule has 1 aromatic carbocycles. The van der Waals surface area contributed by atoms with Crippen LogP contribution in [0.5, 0.6) is 5.75 Å². The Kier molecular flexibility index (Phi) is 8.42. The van der Waals surface area contributed by atoms with Crippen LogP contribution >= 0.6 is 23.7 Å². The van der Waals surface area contributed by atoms with Crippen molar-refractivity contribution in [3.63, 3.8) is 0 Å². The molecule has 1 atom stereocenters. The van der Waals surface area contributed by atoms with Gasteiger partial charge in [0.25, 0.3) is 5.91 Å². The number of likely N-dealkylation sites (tertiary alicyclic amines) is 1. The van der Waals surface area contributed by atoms with Gasteiger partial charge in [0.05, 0.1) is 12.6 Å². The van der Waals surface area contributed by atoms with Crippen molar-refractivity contribution < 1.29 is 9.53 Å². The second kappa shape index (κ2) is 10.6. The molecule has 0 spiro atoms. The maximum absolute atomic E-state index is 12.6. The smallest absolute Gasteiger partial charge is 0.251 e. The monoisotopic (exact) mass is 394 g/mol. The summed E-state index contributed by atoms with van der Waals surface area (Å²) in [6.07, 6.45) is 3.79. The van der Waals surface area contributed by atoms with E-state index in [1.165, 1.54) is 24.1 Å². The summed E-state index contributed by atoms with van der Waals surface area (Å²) in [6.45, 7) is 5.40. The Balaban J connectivity index is 0.00000243. The highest BCUT2D eigenvalue weighted by Gasteiger charge is 2.23. The van der Waals surface area contributed by atoms with Crippen LogP contribution in [-0.4, -0.2) is 37.0 Å². The fraction of sp³-hybridized carbons (Fsp3) is 0.450. The predicted octanol–water partition coefficient (Wildman–Crippen LogP) is 4.53. The van der Waals surface area contributed by atoms with E-state index in [9.17, 15) is 4.79 Å². The highest BCUT2D eigenvalue weighted by Crippen LogP contribution is 2.27. The lowest BCUT2D eigenvalue weighted by Crippen LogP contribution is -2.40. The number of thiophene rings is 1. The zero-order chi connectivity index (χ0) is 17.5. The number of rotatable bonds is 7. The number of hydrogen-bond donors (Lipinski definition) is 1. The molecule has 0 aliphatic carbocycles. The van der Waals surface area contributed by atoms with Gasteiger partial charge in [-0.1, -0.05) is 18.6 Å². The molecular weight excluding hydrogens is 368 g/mol. The summed E-state index contributed by atoms with van der Waals surface area (Å²) in [4.78, 5) is 16.4. The number of carbonyl (C=O) groups is 1. The Labute approximate surface area is 166 Å². The highest BCUT2D eigenvalue weighted by molar-refractivity contribution is 7.10. The third kappa shape index (κ3) is 5.47. The Hall–Kier alpha value is -1.56. The van der Waals surface area contributed by atoms with Gasteiger partial charge >= 0.3 is 0 Å². The molecule has 0 bridgehead atoms. The molecule has 0 saturated carbocycles. The van der Waals surface area contributed by atoms with Gasteiger partial charge in [0, 0.05) is 17.0 Å². The first-order valence-corrected chi connectivity index (χ1v) is 9.94. The zero-order valence-electron chi connectivity index (χ0n) is 15.1. The molecule has 3 rings (SSSR count). The van der Waals surface area contributed by atoms with Crippen LogP contribution in [0.2, 0.25) is 0 Å². The first-order chi connectivity index (χ1) is 12.3. The Morgan fingerprint density at radius 1 is 1.23 bits per heavy atom. The predicted molar refractivity (Wildman–Crippen MR) is 110 cm³/mol. The van der Waals surface area contributed by atoms with Gasteiger partial charge in [0.1, 0.15) is 5.75 Å². The van der Waals surface area contributed by atoms with Crippen molar-refractivity contribution in [1.82, 2.24) is 10.2 Å². The second-order valence-electron chi connectivity index (χ2n) is 6.30. The van der Waals surface area contributed by atoms with E-state index in [0.717, 1.165) is 18.8 Å². The van der Waals surface area contributed by atoms with Crippen LogP contribution in [0, 0.1) is 0 Å². The fourth-order valence-electron chi connectivity index (χ4n) is 3.31. The molecule has 4 nitrogen and oxygen atoms in total. The average Bonchev–Trinajstić information content (AvgIpc) is 3.18. The van der Waals surface area contributed by atoms with Crippen molar-refractivity contribution in [1.29, 1.82) is 0 Å². The lowest BCUT2D eigenvalue weighted by Gasteiger charge is -2.34. The summed E-state index contributed by atoms with van der Waals surface area (Å²) in [6, 6.07) is 11.9. The molecule has 6 heteroatoms. The van der Waals surface area contributed by atoms with E-state index in [-0.39, 0.29) is 24.4 Å². The van der Waals surface area contributed by atoms with E-state index in [4.69, 9.17) is 4.74 Å². The molecule has 1 fully saturated rings. The number of piperidine rings is 1. The molecule has 142 valence electrons. The van der Waals surface area contributed by atoms with Crippen LogP contribution in [0.25, 0.3) is 0 Å². The van der Waals surface area contributed by atoms with E-state index in [1.54, 1.807) is 17.4 Å². The molecule has 1 aliphatic rings. The second-order valence-corrected chi connectivity index (χ2v) is 7.28. The summed E-state index contributed by atoms with van der Waals surface area (Å²) in [5.41, 5.74) is 0.648. The van der Waals surface area contributed by atoms with Crippen LogP contribution < -0.4 is 10.1 Å². The van der Waals surface area contributed by atoms with Crippen LogP contribution in [0.15, 0.2) is 41.8 Å². The van der Waals surface area contributed by atoms with Crippen molar-refractivity contribution in [3.05, 3.63) is 52.2 Å². The SMILES string of the molecule is CCOc1cccc(C(=O)NCC(c2cccs2)N2CCCCC2)c1.Cl. The standard InChI is InChI=1S/C20H26N2O2S.ClH/c1-2-24-17-9-6-8-16(14-17)20(23)21-15-18(19-10-7-13-25-19)22-11-4-3-5-12-22;/h6-10,13-14,18H,2-5,11-12,15H2,1H3,(H,21,23);1H. The largest absolute Gasteiger partial charge is 0.494 e. The van der Waals surface area contributed by atoms with Crippen LogP contribution in [0.3, 0.4) is 0 Å². The summed E-state index contributed by atoms with van der Waals surface area (Å²) >= 11 is 1.77. The van der Waals surface area contributed by atoms with Crippen molar-refractivity contribution in [3.8, 4) is 5.75 Å². The quantitative estimate of drug-likeness (QED) is 0.750. The number of nitrogens with zero attached hydrogens (tertiary/aromatic N) is 1. The van der Waals surface area contributed by atoms with Gasteiger partial charge in [0.15, 0.2) is 0 Å². The fourth-order valence-corrected chi connectivity index (χ4v) is 4.17. The number of benzene rings is 1. The topological polar surface area (TPSA) is 41.6 Å². The van der Waals surface area contributed by atoms with Crippen molar-refractivity contribution >= 4 is 29.7 Å². The number of amides is 1. The zero-order valence-corrected chi connectivity index (χ0v) is 16.8. The van der Waals surface area contributed by atoms with E-state index in [0.29, 0.717) is 18.7 Å². The molecule has 1 aliphatic heterocycles. The van der Waals surface area contributed by atoms with Crippen molar-refractivity contribution in [2.45, 2.75) is 32.2 Å². The number of nitrogens with one attached hydrogen (secondary N) is 1. The molecule has 1 aromatic heterocycles. The normalized spacial score (nSPS) is 15.7. The lowest BCUT2D eigenvalue weighted by atomic mass is 10.1. The first-order valence-electron chi connectivity index (χ1n) is 9.06. The first kappa shape index (κ1) is 20.7.